The fraction of sp³-hybridized carbons (Fsp3) is 0.0638. The molecule has 0 N–H and O–H groups in total. The van der Waals surface area contributed by atoms with Crippen LogP contribution < -0.4 is 0 Å². The third-order valence-electron chi connectivity index (χ3n) is 11.1. The van der Waals surface area contributed by atoms with Gasteiger partial charge in [0, 0.05) is 43.6 Å². The Kier molecular flexibility index (Phi) is 5.70. The molecule has 0 atom stereocenters. The fourth-order valence-electron chi connectivity index (χ4n) is 8.74. The number of rotatable bonds is 3. The van der Waals surface area contributed by atoms with Gasteiger partial charge in [0.05, 0.1) is 33.3 Å². The molecule has 3 aromatic heterocycles. The Morgan fingerprint density at radius 2 is 1.06 bits per heavy atom. The standard InChI is InChI=1S/C47H32N4/c1-47(2)38-20-10-6-16-31(38)36-28-44-37(27-39(36)47)34-25-24-30(50-41-22-12-8-17-32(41)33-18-9-13-23-42(33)50)26-43(34)51(44)46-48-40-21-11-7-19-35(40)45(49-46)29-14-4-3-5-15-29/h3-28H,1-2H3. The van der Waals surface area contributed by atoms with Gasteiger partial charge in [-0.2, -0.15) is 0 Å². The molecule has 0 saturated heterocycles. The number of benzene rings is 7. The highest BCUT2D eigenvalue weighted by Gasteiger charge is 2.36. The summed E-state index contributed by atoms with van der Waals surface area (Å²) in [5.74, 6) is 0.664. The number of fused-ring (bicyclic) bond motifs is 10. The second-order valence-electron chi connectivity index (χ2n) is 14.2. The molecule has 0 bridgehead atoms. The number of hydrogen-bond donors (Lipinski definition) is 0. The summed E-state index contributed by atoms with van der Waals surface area (Å²) < 4.78 is 4.69. The van der Waals surface area contributed by atoms with E-state index in [1.54, 1.807) is 0 Å². The molecule has 0 aliphatic heterocycles. The Hall–Kier alpha value is -6.52. The molecular formula is C47H32N4. The molecule has 1 aliphatic carbocycles. The van der Waals surface area contributed by atoms with Gasteiger partial charge in [-0.15, -0.1) is 0 Å². The first-order valence-electron chi connectivity index (χ1n) is 17.6. The predicted octanol–water partition coefficient (Wildman–Crippen LogP) is 11.8. The van der Waals surface area contributed by atoms with Crippen LogP contribution in [0.25, 0.3) is 88.5 Å². The van der Waals surface area contributed by atoms with Gasteiger partial charge in [-0.25, -0.2) is 9.97 Å². The van der Waals surface area contributed by atoms with Crippen LogP contribution in [0.15, 0.2) is 158 Å². The quantitative estimate of drug-likeness (QED) is 0.190. The van der Waals surface area contributed by atoms with E-state index in [2.05, 4.69) is 181 Å². The lowest BCUT2D eigenvalue weighted by atomic mass is 9.82. The molecule has 11 rings (SSSR count). The normalized spacial score (nSPS) is 13.5. The van der Waals surface area contributed by atoms with E-state index in [4.69, 9.17) is 9.97 Å². The van der Waals surface area contributed by atoms with Crippen LogP contribution in [-0.4, -0.2) is 19.1 Å². The van der Waals surface area contributed by atoms with Gasteiger partial charge < -0.3 is 4.57 Å². The van der Waals surface area contributed by atoms with E-state index in [0.29, 0.717) is 5.95 Å². The Labute approximate surface area is 294 Å². The smallest absolute Gasteiger partial charge is 0.235 e. The third-order valence-corrected chi connectivity index (χ3v) is 11.1. The highest BCUT2D eigenvalue weighted by atomic mass is 15.2. The highest BCUT2D eigenvalue weighted by molar-refractivity contribution is 6.13. The molecule has 0 unspecified atom stereocenters. The zero-order valence-corrected chi connectivity index (χ0v) is 28.3. The van der Waals surface area contributed by atoms with Gasteiger partial charge in [-0.3, -0.25) is 4.57 Å². The maximum atomic E-state index is 5.42. The van der Waals surface area contributed by atoms with Crippen LogP contribution in [0, 0.1) is 0 Å². The van der Waals surface area contributed by atoms with Crippen molar-refractivity contribution in [2.75, 3.05) is 0 Å². The third kappa shape index (κ3) is 3.90. The van der Waals surface area contributed by atoms with Gasteiger partial charge >= 0.3 is 0 Å². The average molecular weight is 653 g/mol. The maximum Gasteiger partial charge on any atom is 0.235 e. The largest absolute Gasteiger partial charge is 0.309 e. The van der Waals surface area contributed by atoms with Gasteiger partial charge in [-0.1, -0.05) is 129 Å². The van der Waals surface area contributed by atoms with Gasteiger partial charge in [0.25, 0.3) is 0 Å². The Balaban J connectivity index is 1.28. The molecule has 0 fully saturated rings. The van der Waals surface area contributed by atoms with Crippen molar-refractivity contribution in [2.45, 2.75) is 19.3 Å². The van der Waals surface area contributed by atoms with Crippen LogP contribution in [0.4, 0.5) is 0 Å². The summed E-state index contributed by atoms with van der Waals surface area (Å²) in [5.41, 5.74) is 13.8. The van der Waals surface area contributed by atoms with Crippen molar-refractivity contribution in [3.63, 3.8) is 0 Å². The SMILES string of the molecule is CC1(C)c2ccccc2-c2cc3c(cc21)c1ccc(-n2c4ccccc4c4ccccc42)cc1n3-c1nc(-c2ccccc2)c2ccccc2n1. The number of hydrogen-bond acceptors (Lipinski definition) is 2. The number of aromatic nitrogens is 4. The van der Waals surface area contributed by atoms with Crippen molar-refractivity contribution in [3.05, 3.63) is 169 Å². The van der Waals surface area contributed by atoms with Crippen LogP contribution >= 0.6 is 0 Å². The summed E-state index contributed by atoms with van der Waals surface area (Å²) in [4.78, 5) is 10.7. The monoisotopic (exact) mass is 652 g/mol. The first-order valence-corrected chi connectivity index (χ1v) is 17.6. The summed E-state index contributed by atoms with van der Waals surface area (Å²) in [5, 5.41) is 5.92. The molecule has 240 valence electrons. The van der Waals surface area contributed by atoms with Gasteiger partial charge in [0.2, 0.25) is 5.95 Å². The van der Waals surface area contributed by atoms with Gasteiger partial charge in [-0.05, 0) is 64.7 Å². The lowest BCUT2D eigenvalue weighted by Gasteiger charge is -2.21. The molecule has 4 nitrogen and oxygen atoms in total. The summed E-state index contributed by atoms with van der Waals surface area (Å²) >= 11 is 0. The molecule has 4 heteroatoms. The molecule has 7 aromatic carbocycles. The van der Waals surface area contributed by atoms with E-state index in [9.17, 15) is 0 Å². The molecule has 0 spiro atoms. The molecule has 0 amide bonds. The van der Waals surface area contributed by atoms with Crippen molar-refractivity contribution in [2.24, 2.45) is 0 Å². The highest BCUT2D eigenvalue weighted by Crippen LogP contribution is 2.51. The molecule has 3 heterocycles. The zero-order valence-electron chi connectivity index (χ0n) is 28.3. The van der Waals surface area contributed by atoms with Crippen molar-refractivity contribution in [1.82, 2.24) is 19.1 Å². The Morgan fingerprint density at radius 1 is 0.431 bits per heavy atom. The maximum absolute atomic E-state index is 5.42. The molecule has 10 aromatic rings. The predicted molar refractivity (Wildman–Crippen MR) is 211 cm³/mol. The van der Waals surface area contributed by atoms with Crippen molar-refractivity contribution in [1.29, 1.82) is 0 Å². The lowest BCUT2D eigenvalue weighted by Crippen LogP contribution is -2.14. The van der Waals surface area contributed by atoms with Crippen LogP contribution in [0.5, 0.6) is 0 Å². The number of nitrogens with zero attached hydrogens (tertiary/aromatic N) is 4. The van der Waals surface area contributed by atoms with E-state index in [-0.39, 0.29) is 5.41 Å². The number of para-hydroxylation sites is 3. The van der Waals surface area contributed by atoms with Crippen LogP contribution in [0.1, 0.15) is 25.0 Å². The first-order chi connectivity index (χ1) is 25.1. The first kappa shape index (κ1) is 28.3. The van der Waals surface area contributed by atoms with Crippen molar-refractivity contribution >= 4 is 54.5 Å². The topological polar surface area (TPSA) is 35.6 Å². The molecular weight excluding hydrogens is 621 g/mol. The second-order valence-corrected chi connectivity index (χ2v) is 14.2. The van der Waals surface area contributed by atoms with Crippen LogP contribution in [0.2, 0.25) is 0 Å². The zero-order chi connectivity index (χ0) is 33.8. The molecule has 0 radical (unpaired) electrons. The molecule has 1 aliphatic rings. The van der Waals surface area contributed by atoms with E-state index >= 15 is 0 Å². The minimum Gasteiger partial charge on any atom is -0.309 e. The minimum absolute atomic E-state index is 0.114. The lowest BCUT2D eigenvalue weighted by molar-refractivity contribution is 0.661. The van der Waals surface area contributed by atoms with Gasteiger partial charge in [0.15, 0.2) is 0 Å². The summed E-state index contributed by atoms with van der Waals surface area (Å²) in [6.07, 6.45) is 0. The Morgan fingerprint density at radius 3 is 1.84 bits per heavy atom. The van der Waals surface area contributed by atoms with Crippen molar-refractivity contribution in [3.8, 4) is 34.0 Å². The van der Waals surface area contributed by atoms with E-state index in [1.807, 2.05) is 0 Å². The second kappa shape index (κ2) is 10.3. The summed E-state index contributed by atoms with van der Waals surface area (Å²) in [7, 11) is 0. The minimum atomic E-state index is -0.114. The Bertz CT molecular complexity index is 3000. The molecule has 51 heavy (non-hydrogen) atoms. The summed E-state index contributed by atoms with van der Waals surface area (Å²) in [6.45, 7) is 4.70. The summed E-state index contributed by atoms with van der Waals surface area (Å²) in [6, 6.07) is 56.8. The van der Waals surface area contributed by atoms with Crippen LogP contribution in [-0.2, 0) is 5.41 Å². The molecule has 0 saturated carbocycles. The van der Waals surface area contributed by atoms with E-state index in [1.165, 1.54) is 54.8 Å². The van der Waals surface area contributed by atoms with E-state index < -0.39 is 0 Å². The van der Waals surface area contributed by atoms with Gasteiger partial charge in [0.1, 0.15) is 0 Å². The van der Waals surface area contributed by atoms with E-state index in [0.717, 1.165) is 38.9 Å². The van der Waals surface area contributed by atoms with Crippen molar-refractivity contribution < 1.29 is 0 Å². The average Bonchev–Trinajstić information content (AvgIpc) is 3.76. The van der Waals surface area contributed by atoms with Crippen LogP contribution in [0.3, 0.4) is 0 Å². The fourth-order valence-corrected chi connectivity index (χ4v) is 8.74.